The first-order valence-electron chi connectivity index (χ1n) is 9.75. The second-order valence-electron chi connectivity index (χ2n) is 9.80. The van der Waals surface area contributed by atoms with E-state index in [-0.39, 0.29) is 23.4 Å². The second-order valence-corrected chi connectivity index (χ2v) is 14.6. The minimum Gasteiger partial charge on any atom is -0.410 e. The Hall–Kier alpha value is -1.28. The predicted molar refractivity (Wildman–Crippen MR) is 112 cm³/mol. The van der Waals surface area contributed by atoms with Gasteiger partial charge in [-0.3, -0.25) is 9.69 Å². The average molecular weight is 411 g/mol. The number of carbonyl (C=O) groups excluding carboxylic acids is 1. The highest BCUT2D eigenvalue weighted by molar-refractivity contribution is 6.74. The zero-order valence-electron chi connectivity index (χ0n) is 18.4. The van der Waals surface area contributed by atoms with Gasteiger partial charge in [-0.05, 0) is 68.3 Å². The van der Waals surface area contributed by atoms with Crippen molar-refractivity contribution in [2.24, 2.45) is 11.7 Å². The van der Waals surface area contributed by atoms with E-state index in [4.69, 9.17) is 10.2 Å². The Balaban J connectivity index is 2.61. The fraction of sp³-hybridized carbons (Fsp3) is 0.667. The predicted octanol–water partition coefficient (Wildman–Crippen LogP) is 3.32. The van der Waals surface area contributed by atoms with Crippen LogP contribution in [0.25, 0.3) is 0 Å². The summed E-state index contributed by atoms with van der Waals surface area (Å²) in [7, 11) is 1.34. The Labute approximate surface area is 169 Å². The number of aliphatic hydroxyl groups excluding tert-OH is 1. The molecule has 0 spiro atoms. The normalized spacial score (nSPS) is 22.2. The maximum Gasteiger partial charge on any atom is 0.242 e. The van der Waals surface area contributed by atoms with Crippen molar-refractivity contribution in [2.75, 3.05) is 20.7 Å². The Kier molecular flexibility index (Phi) is 6.17. The van der Waals surface area contributed by atoms with E-state index in [2.05, 4.69) is 33.9 Å². The minimum absolute atomic E-state index is 0.0166. The van der Waals surface area contributed by atoms with Gasteiger partial charge in [-0.15, -0.1) is 0 Å². The summed E-state index contributed by atoms with van der Waals surface area (Å²) in [5.74, 6) is -1.12. The van der Waals surface area contributed by atoms with Crippen molar-refractivity contribution in [2.45, 2.75) is 63.9 Å². The second kappa shape index (κ2) is 7.52. The van der Waals surface area contributed by atoms with E-state index in [0.29, 0.717) is 17.5 Å². The summed E-state index contributed by atoms with van der Waals surface area (Å²) in [5, 5.41) is 9.92. The number of hydrogen-bond acceptors (Lipinski definition) is 4. The van der Waals surface area contributed by atoms with Gasteiger partial charge in [0, 0.05) is 12.5 Å². The van der Waals surface area contributed by atoms with Crippen LogP contribution in [0.4, 0.5) is 4.39 Å². The largest absolute Gasteiger partial charge is 0.410 e. The monoisotopic (exact) mass is 410 g/mol. The van der Waals surface area contributed by atoms with Crippen LogP contribution in [0.2, 0.25) is 18.1 Å². The molecule has 0 radical (unpaired) electrons. The fourth-order valence-corrected chi connectivity index (χ4v) is 4.77. The number of aliphatic hydroxyl groups is 1. The number of halogens is 1. The van der Waals surface area contributed by atoms with E-state index in [9.17, 15) is 9.90 Å². The number of nitrogens with zero attached hydrogens (tertiary/aromatic N) is 1. The highest BCUT2D eigenvalue weighted by Gasteiger charge is 2.45. The van der Waals surface area contributed by atoms with Crippen LogP contribution in [0.5, 0.6) is 0 Å². The maximum absolute atomic E-state index is 15.1. The van der Waals surface area contributed by atoms with E-state index in [1.807, 2.05) is 6.07 Å². The Morgan fingerprint density at radius 1 is 1.32 bits per heavy atom. The number of rotatable bonds is 6. The third-order valence-electron chi connectivity index (χ3n) is 6.83. The van der Waals surface area contributed by atoms with Crippen LogP contribution in [0, 0.1) is 11.7 Å². The van der Waals surface area contributed by atoms with Gasteiger partial charge in [-0.25, -0.2) is 4.39 Å². The van der Waals surface area contributed by atoms with Crippen LogP contribution in [-0.2, 0) is 21.2 Å². The molecular formula is C21H35FN2O3Si. The lowest BCUT2D eigenvalue weighted by molar-refractivity contribution is -0.128. The first-order chi connectivity index (χ1) is 12.7. The third kappa shape index (κ3) is 3.77. The summed E-state index contributed by atoms with van der Waals surface area (Å²) >= 11 is 0. The number of fused-ring (bicyclic) bond motifs is 1. The molecule has 1 aliphatic rings. The summed E-state index contributed by atoms with van der Waals surface area (Å²) in [4.78, 5) is 13.9. The van der Waals surface area contributed by atoms with Crippen molar-refractivity contribution >= 4 is 14.2 Å². The van der Waals surface area contributed by atoms with Crippen molar-refractivity contribution in [1.29, 1.82) is 0 Å². The number of benzene rings is 1. The first kappa shape index (κ1) is 23.0. The molecule has 1 amide bonds. The number of primary amides is 1. The molecule has 28 heavy (non-hydrogen) atoms. The van der Waals surface area contributed by atoms with E-state index >= 15 is 4.39 Å². The van der Waals surface area contributed by atoms with Gasteiger partial charge in [0.25, 0.3) is 0 Å². The molecule has 0 heterocycles. The molecule has 0 saturated heterocycles. The third-order valence-corrected chi connectivity index (χ3v) is 11.3. The van der Waals surface area contributed by atoms with Crippen molar-refractivity contribution < 1.29 is 18.7 Å². The smallest absolute Gasteiger partial charge is 0.242 e. The molecule has 0 fully saturated rings. The van der Waals surface area contributed by atoms with E-state index in [1.54, 1.807) is 25.9 Å². The summed E-state index contributed by atoms with van der Waals surface area (Å²) in [5.41, 5.74) is 6.33. The van der Waals surface area contributed by atoms with Crippen LogP contribution in [0.1, 0.15) is 50.5 Å². The zero-order chi connectivity index (χ0) is 21.7. The van der Waals surface area contributed by atoms with Crippen molar-refractivity contribution in [3.05, 3.63) is 34.6 Å². The molecule has 5 nitrogen and oxygen atoms in total. The van der Waals surface area contributed by atoms with Gasteiger partial charge < -0.3 is 15.3 Å². The molecule has 1 aliphatic carbocycles. The maximum atomic E-state index is 15.1. The summed E-state index contributed by atoms with van der Waals surface area (Å²) in [6, 6.07) is 3.24. The fourth-order valence-electron chi connectivity index (χ4n) is 3.47. The Morgan fingerprint density at radius 3 is 2.32 bits per heavy atom. The summed E-state index contributed by atoms with van der Waals surface area (Å²) in [6.45, 7) is 12.4. The highest BCUT2D eigenvalue weighted by Crippen LogP contribution is 2.47. The quantitative estimate of drug-likeness (QED) is 0.706. The molecule has 3 N–H and O–H groups in total. The number of likely N-dealkylation sites (N-methyl/N-ethyl adjacent to an activating group) is 1. The molecule has 3 unspecified atom stereocenters. The highest BCUT2D eigenvalue weighted by atomic mass is 28.4. The average Bonchev–Trinajstić information content (AvgIpc) is 2.90. The van der Waals surface area contributed by atoms with Gasteiger partial charge in [0.05, 0.1) is 6.10 Å². The van der Waals surface area contributed by atoms with Gasteiger partial charge in [-0.1, -0.05) is 26.8 Å². The molecule has 158 valence electrons. The van der Waals surface area contributed by atoms with E-state index in [0.717, 1.165) is 5.56 Å². The van der Waals surface area contributed by atoms with Crippen LogP contribution < -0.4 is 5.73 Å². The topological polar surface area (TPSA) is 75.8 Å². The first-order valence-corrected chi connectivity index (χ1v) is 12.7. The van der Waals surface area contributed by atoms with Crippen LogP contribution in [-0.4, -0.2) is 44.9 Å². The van der Waals surface area contributed by atoms with Crippen molar-refractivity contribution in [3.63, 3.8) is 0 Å². The number of amides is 1. The number of carbonyl (C=O) groups is 1. The Morgan fingerprint density at radius 2 is 1.89 bits per heavy atom. The van der Waals surface area contributed by atoms with Gasteiger partial charge in [0.1, 0.15) is 11.4 Å². The molecular weight excluding hydrogens is 375 g/mol. The number of nitrogens with two attached hydrogens (primary N) is 1. The van der Waals surface area contributed by atoms with Crippen LogP contribution in [0.15, 0.2) is 12.1 Å². The van der Waals surface area contributed by atoms with Gasteiger partial charge in [0.2, 0.25) is 5.91 Å². The molecule has 2 rings (SSSR count). The van der Waals surface area contributed by atoms with Gasteiger partial charge >= 0.3 is 0 Å². The molecule has 3 atom stereocenters. The zero-order valence-corrected chi connectivity index (χ0v) is 19.4. The standard InChI is InChI=1S/C21H35FN2O3Si/c1-20(2,3)28(7,8)27-18-13(12-25)9-15-16(18)10-14(11-17(15)22)21(4,19(23)26)24(5)6/h10-11,13,18,25H,9,12H2,1-8H3,(H2,23,26). The lowest BCUT2D eigenvalue weighted by Gasteiger charge is -2.40. The Bertz CT molecular complexity index is 761. The molecule has 7 heteroatoms. The molecule has 0 aromatic heterocycles. The lowest BCUT2D eigenvalue weighted by atomic mass is 9.87. The summed E-state index contributed by atoms with van der Waals surface area (Å²) < 4.78 is 21.7. The molecule has 1 aromatic carbocycles. The van der Waals surface area contributed by atoms with Gasteiger partial charge in [0.15, 0.2) is 8.32 Å². The van der Waals surface area contributed by atoms with Crippen LogP contribution in [0.3, 0.4) is 0 Å². The van der Waals surface area contributed by atoms with Crippen molar-refractivity contribution in [1.82, 2.24) is 4.90 Å². The lowest BCUT2D eigenvalue weighted by Crippen LogP contribution is -2.49. The summed E-state index contributed by atoms with van der Waals surface area (Å²) in [6.07, 6.45) is 0.0292. The van der Waals surface area contributed by atoms with E-state index < -0.39 is 25.9 Å². The van der Waals surface area contributed by atoms with Gasteiger partial charge in [-0.2, -0.15) is 0 Å². The number of hydrogen-bond donors (Lipinski definition) is 2. The molecule has 1 aromatic rings. The molecule has 0 saturated carbocycles. The molecule has 0 aliphatic heterocycles. The van der Waals surface area contributed by atoms with Crippen LogP contribution >= 0.6 is 0 Å². The minimum atomic E-state index is -2.16. The van der Waals surface area contributed by atoms with Crippen molar-refractivity contribution in [3.8, 4) is 0 Å². The SMILES string of the molecule is CN(C)C(C)(C(N)=O)c1cc(F)c2c(c1)C(O[Si](C)(C)C(C)(C)C)C(CO)C2. The van der Waals surface area contributed by atoms with E-state index in [1.165, 1.54) is 6.07 Å². The molecule has 0 bridgehead atoms.